The third-order valence-electron chi connectivity index (χ3n) is 6.46. The SMILES string of the molecule is COCC(=O)Oc1ccc2c(c1OC(=O)COC)-c1cccc3c1C(C2)N(C)CC3.O=C(O)C(O)C(O)C(=O)O. The molecule has 0 amide bonds. The van der Waals surface area contributed by atoms with Crippen molar-refractivity contribution in [3.8, 4) is 22.6 Å². The van der Waals surface area contributed by atoms with Crippen LogP contribution in [0.5, 0.6) is 11.5 Å². The minimum absolute atomic E-state index is 0.195. The van der Waals surface area contributed by atoms with Crippen molar-refractivity contribution in [1.29, 1.82) is 0 Å². The summed E-state index contributed by atoms with van der Waals surface area (Å²) in [4.78, 5) is 46.3. The van der Waals surface area contributed by atoms with Crippen molar-refractivity contribution in [2.24, 2.45) is 0 Å². The number of aliphatic hydroxyl groups excluding tert-OH is 2. The molecule has 0 saturated heterocycles. The number of hydrogen-bond acceptors (Lipinski definition) is 11. The number of esters is 2. The van der Waals surface area contributed by atoms with E-state index in [-0.39, 0.29) is 30.8 Å². The van der Waals surface area contributed by atoms with E-state index < -0.39 is 36.1 Å². The Balaban J connectivity index is 0.000000378. The maximum absolute atomic E-state index is 12.3. The standard InChI is InChI=1S/C23H25NO6.C4H6O6/c1-24-10-9-14-5-4-6-16-21(14)17(24)11-15-7-8-18(29-19(25)12-27-2)23(22(15)16)30-20(26)13-28-3;5-1(3(7)8)2(6)4(9)10/h4-8,17H,9-13H2,1-3H3;1-2,5-6H,(H,7,8)(H,9,10). The van der Waals surface area contributed by atoms with Crippen LogP contribution in [0, 0.1) is 0 Å². The Morgan fingerprint density at radius 3 is 2.08 bits per heavy atom. The van der Waals surface area contributed by atoms with E-state index in [1.165, 1.54) is 25.3 Å². The van der Waals surface area contributed by atoms with Gasteiger partial charge in [-0.1, -0.05) is 24.3 Å². The molecule has 2 aromatic rings. The number of aliphatic hydroxyl groups is 2. The van der Waals surface area contributed by atoms with Gasteiger partial charge in [0.15, 0.2) is 23.7 Å². The molecule has 3 unspecified atom stereocenters. The second kappa shape index (κ2) is 13.5. The molecule has 0 saturated carbocycles. The lowest BCUT2D eigenvalue weighted by Gasteiger charge is -2.40. The zero-order valence-electron chi connectivity index (χ0n) is 22.2. The minimum atomic E-state index is -2.27. The maximum atomic E-state index is 12.3. The van der Waals surface area contributed by atoms with Crippen molar-refractivity contribution in [1.82, 2.24) is 4.90 Å². The van der Waals surface area contributed by atoms with Gasteiger partial charge in [0.05, 0.1) is 0 Å². The Morgan fingerprint density at radius 2 is 1.50 bits per heavy atom. The number of carbonyl (C=O) groups is 4. The predicted molar refractivity (Wildman–Crippen MR) is 137 cm³/mol. The highest BCUT2D eigenvalue weighted by Gasteiger charge is 2.35. The van der Waals surface area contributed by atoms with Crippen molar-refractivity contribution in [2.45, 2.75) is 31.1 Å². The Hall–Kier alpha value is -3.88. The number of carboxylic acid groups (broad SMARTS) is 2. The van der Waals surface area contributed by atoms with E-state index in [0.29, 0.717) is 0 Å². The van der Waals surface area contributed by atoms with Crippen LogP contribution in [0.2, 0.25) is 0 Å². The van der Waals surface area contributed by atoms with Crippen molar-refractivity contribution in [2.75, 3.05) is 41.0 Å². The molecule has 1 aliphatic heterocycles. The van der Waals surface area contributed by atoms with E-state index in [4.69, 9.17) is 39.4 Å². The van der Waals surface area contributed by atoms with E-state index in [9.17, 15) is 19.2 Å². The van der Waals surface area contributed by atoms with Gasteiger partial charge in [-0.05, 0) is 48.2 Å². The minimum Gasteiger partial charge on any atom is -0.479 e. The first kappa shape index (κ1) is 30.7. The number of fused-ring (bicyclic) bond motifs is 2. The van der Waals surface area contributed by atoms with Crippen LogP contribution in [0.15, 0.2) is 30.3 Å². The largest absolute Gasteiger partial charge is 0.479 e. The van der Waals surface area contributed by atoms with Crippen molar-refractivity contribution in [3.05, 3.63) is 47.0 Å². The molecule has 13 nitrogen and oxygen atoms in total. The normalized spacial score (nSPS) is 16.8. The van der Waals surface area contributed by atoms with E-state index in [1.54, 1.807) is 6.07 Å². The number of carbonyl (C=O) groups excluding carboxylic acids is 2. The van der Waals surface area contributed by atoms with Gasteiger partial charge < -0.3 is 39.4 Å². The van der Waals surface area contributed by atoms with Crippen LogP contribution in [0.3, 0.4) is 0 Å². The van der Waals surface area contributed by atoms with Gasteiger partial charge in [-0.15, -0.1) is 0 Å². The average Bonchev–Trinajstić information content (AvgIpc) is 2.91. The van der Waals surface area contributed by atoms with Gasteiger partial charge in [0.25, 0.3) is 0 Å². The molecule has 2 aromatic carbocycles. The Labute approximate surface area is 229 Å². The zero-order valence-corrected chi connectivity index (χ0v) is 22.2. The van der Waals surface area contributed by atoms with Gasteiger partial charge in [0, 0.05) is 32.4 Å². The quantitative estimate of drug-likeness (QED) is 0.244. The highest BCUT2D eigenvalue weighted by Crippen LogP contribution is 2.50. The zero-order chi connectivity index (χ0) is 29.6. The number of benzene rings is 2. The molecule has 40 heavy (non-hydrogen) atoms. The Kier molecular flexibility index (Phi) is 10.3. The van der Waals surface area contributed by atoms with Gasteiger partial charge in [0.2, 0.25) is 0 Å². The van der Waals surface area contributed by atoms with Crippen LogP contribution in [0.4, 0.5) is 0 Å². The average molecular weight is 562 g/mol. The third-order valence-corrected chi connectivity index (χ3v) is 6.46. The Morgan fingerprint density at radius 1 is 0.900 bits per heavy atom. The van der Waals surface area contributed by atoms with Crippen LogP contribution in [-0.4, -0.2) is 102 Å². The number of rotatable bonds is 9. The van der Waals surface area contributed by atoms with Crippen molar-refractivity contribution >= 4 is 23.9 Å². The van der Waals surface area contributed by atoms with Gasteiger partial charge in [0.1, 0.15) is 13.2 Å². The van der Waals surface area contributed by atoms with Gasteiger partial charge in [-0.25, -0.2) is 19.2 Å². The monoisotopic (exact) mass is 561 g/mol. The second-order valence-corrected chi connectivity index (χ2v) is 9.14. The number of aliphatic carboxylic acids is 2. The molecule has 0 radical (unpaired) electrons. The molecule has 1 aliphatic carbocycles. The summed E-state index contributed by atoms with van der Waals surface area (Å²) in [7, 11) is 4.98. The molecule has 13 heteroatoms. The molecule has 2 aliphatic rings. The van der Waals surface area contributed by atoms with Crippen LogP contribution in [-0.2, 0) is 41.5 Å². The molecule has 4 N–H and O–H groups in total. The smallest absolute Gasteiger partial charge is 0.337 e. The predicted octanol–water partition coefficient (Wildman–Crippen LogP) is 0.420. The van der Waals surface area contributed by atoms with Gasteiger partial charge in [-0.2, -0.15) is 0 Å². The molecule has 0 bridgehead atoms. The summed E-state index contributed by atoms with van der Waals surface area (Å²) in [5.41, 5.74) is 5.41. The third kappa shape index (κ3) is 6.81. The molecule has 1 heterocycles. The highest BCUT2D eigenvalue weighted by atomic mass is 16.6. The van der Waals surface area contributed by atoms with E-state index in [0.717, 1.165) is 36.1 Å². The van der Waals surface area contributed by atoms with E-state index in [1.807, 2.05) is 18.2 Å². The van der Waals surface area contributed by atoms with E-state index >= 15 is 0 Å². The molecule has 0 aromatic heterocycles. The maximum Gasteiger partial charge on any atom is 0.337 e. The summed E-state index contributed by atoms with van der Waals surface area (Å²) >= 11 is 0. The fourth-order valence-corrected chi connectivity index (χ4v) is 4.63. The summed E-state index contributed by atoms with van der Waals surface area (Å²) in [6, 6.07) is 10.1. The molecule has 3 atom stereocenters. The highest BCUT2D eigenvalue weighted by molar-refractivity contribution is 5.87. The number of likely N-dealkylation sites (N-methyl/N-ethyl adjacent to an activating group) is 1. The summed E-state index contributed by atoms with van der Waals surface area (Å²) < 4.78 is 20.9. The van der Waals surface area contributed by atoms with Gasteiger partial charge in [-0.3, -0.25) is 4.90 Å². The molecular formula is C27H31NO12. The number of hydrogen-bond donors (Lipinski definition) is 4. The second-order valence-electron chi connectivity index (χ2n) is 9.14. The number of nitrogens with zero attached hydrogens (tertiary/aromatic N) is 1. The number of methoxy groups -OCH3 is 2. The molecule has 4 rings (SSSR count). The fraction of sp³-hybridized carbons (Fsp3) is 0.407. The fourth-order valence-electron chi connectivity index (χ4n) is 4.63. The first-order valence-electron chi connectivity index (χ1n) is 12.2. The first-order chi connectivity index (χ1) is 19.0. The van der Waals surface area contributed by atoms with Crippen LogP contribution < -0.4 is 9.47 Å². The van der Waals surface area contributed by atoms with Crippen LogP contribution in [0.1, 0.15) is 22.7 Å². The number of ether oxygens (including phenoxy) is 4. The molecule has 0 spiro atoms. The van der Waals surface area contributed by atoms with Crippen LogP contribution >= 0.6 is 0 Å². The summed E-state index contributed by atoms with van der Waals surface area (Å²) in [6.45, 7) is 0.600. The van der Waals surface area contributed by atoms with E-state index in [2.05, 4.69) is 18.0 Å². The Bertz CT molecular complexity index is 1260. The molecular weight excluding hydrogens is 530 g/mol. The summed E-state index contributed by atoms with van der Waals surface area (Å²) in [5.74, 6) is -4.21. The summed E-state index contributed by atoms with van der Waals surface area (Å²) in [6.07, 6.45) is -2.78. The topological polar surface area (TPSA) is 189 Å². The lowest BCUT2D eigenvalue weighted by Crippen LogP contribution is -2.39. The lowest BCUT2D eigenvalue weighted by molar-refractivity contribution is -0.165. The summed E-state index contributed by atoms with van der Waals surface area (Å²) in [5, 5.41) is 32.5. The first-order valence-corrected chi connectivity index (χ1v) is 12.2. The van der Waals surface area contributed by atoms with Crippen molar-refractivity contribution in [3.63, 3.8) is 0 Å². The van der Waals surface area contributed by atoms with Crippen LogP contribution in [0.25, 0.3) is 11.1 Å². The lowest BCUT2D eigenvalue weighted by atomic mass is 9.77. The molecule has 216 valence electrons. The molecule has 0 fully saturated rings. The van der Waals surface area contributed by atoms with Gasteiger partial charge >= 0.3 is 23.9 Å². The van der Waals surface area contributed by atoms with Crippen molar-refractivity contribution < 1.29 is 58.6 Å². The number of carboxylic acids is 2.